The SMILES string of the molecule is CN(C(=O)Cc1ccccc1)[C@@H]1CC[C@@]2(CCCO2)C[C@H]1N1CCCC1. The molecule has 0 radical (unpaired) electrons. The van der Waals surface area contributed by atoms with Gasteiger partial charge in [-0.05, 0) is 63.6 Å². The largest absolute Gasteiger partial charge is 0.375 e. The van der Waals surface area contributed by atoms with E-state index >= 15 is 0 Å². The topological polar surface area (TPSA) is 32.8 Å². The highest BCUT2D eigenvalue weighted by atomic mass is 16.5. The summed E-state index contributed by atoms with van der Waals surface area (Å²) in [5.74, 6) is 0.244. The Hall–Kier alpha value is -1.39. The molecule has 0 N–H and O–H groups in total. The number of carbonyl (C=O) groups is 1. The number of ether oxygens (including phenoxy) is 1. The molecule has 3 fully saturated rings. The molecule has 2 aliphatic heterocycles. The van der Waals surface area contributed by atoms with Crippen LogP contribution < -0.4 is 0 Å². The number of likely N-dealkylation sites (N-methyl/N-ethyl adjacent to an activating group) is 1. The molecule has 0 aromatic heterocycles. The van der Waals surface area contributed by atoms with Crippen LogP contribution >= 0.6 is 0 Å². The van der Waals surface area contributed by atoms with Crippen LogP contribution in [-0.4, -0.2) is 60.1 Å². The average molecular weight is 357 g/mol. The minimum Gasteiger partial charge on any atom is -0.375 e. The number of amides is 1. The second-order valence-electron chi connectivity index (χ2n) is 8.42. The molecule has 1 aliphatic carbocycles. The number of nitrogens with zero attached hydrogens (tertiary/aromatic N) is 2. The summed E-state index contributed by atoms with van der Waals surface area (Å²) >= 11 is 0. The highest BCUT2D eigenvalue weighted by Gasteiger charge is 2.47. The number of hydrogen-bond acceptors (Lipinski definition) is 3. The molecule has 4 rings (SSSR count). The Bertz CT molecular complexity index is 606. The van der Waals surface area contributed by atoms with Crippen LogP contribution in [0.25, 0.3) is 0 Å². The molecule has 0 unspecified atom stereocenters. The zero-order valence-corrected chi connectivity index (χ0v) is 16.0. The standard InChI is InChI=1S/C22H32N2O2/c1-23(21(25)16-18-8-3-2-4-9-18)19-10-12-22(11-7-15-26-22)17-20(19)24-13-5-6-14-24/h2-4,8-9,19-20H,5-7,10-17H2,1H3/t19-,20-,22+/m1/s1. The number of benzene rings is 1. The second kappa shape index (κ2) is 7.69. The van der Waals surface area contributed by atoms with E-state index in [9.17, 15) is 4.79 Å². The van der Waals surface area contributed by atoms with E-state index in [-0.39, 0.29) is 11.5 Å². The molecule has 142 valence electrons. The monoisotopic (exact) mass is 356 g/mol. The number of likely N-dealkylation sites (tertiary alicyclic amines) is 1. The summed E-state index contributed by atoms with van der Waals surface area (Å²) in [4.78, 5) is 17.7. The number of rotatable bonds is 4. The smallest absolute Gasteiger partial charge is 0.227 e. The molecular formula is C22H32N2O2. The fourth-order valence-corrected chi connectivity index (χ4v) is 5.31. The van der Waals surface area contributed by atoms with Gasteiger partial charge in [0.2, 0.25) is 5.91 Å². The summed E-state index contributed by atoms with van der Waals surface area (Å²) in [7, 11) is 2.02. The summed E-state index contributed by atoms with van der Waals surface area (Å²) in [5.41, 5.74) is 1.20. The van der Waals surface area contributed by atoms with Crippen molar-refractivity contribution in [1.82, 2.24) is 9.80 Å². The molecule has 4 heteroatoms. The molecule has 3 aliphatic rings. The normalized spacial score (nSPS) is 32.2. The van der Waals surface area contributed by atoms with E-state index in [0.717, 1.165) is 31.4 Å². The van der Waals surface area contributed by atoms with Crippen LogP contribution in [0, 0.1) is 0 Å². The molecular weight excluding hydrogens is 324 g/mol. The molecule has 1 saturated carbocycles. The summed E-state index contributed by atoms with van der Waals surface area (Å²) in [6.45, 7) is 3.27. The van der Waals surface area contributed by atoms with Crippen LogP contribution in [0.1, 0.15) is 50.5 Å². The molecule has 1 spiro atoms. The van der Waals surface area contributed by atoms with Gasteiger partial charge in [-0.3, -0.25) is 9.69 Å². The van der Waals surface area contributed by atoms with Crippen LogP contribution in [0.5, 0.6) is 0 Å². The van der Waals surface area contributed by atoms with E-state index in [2.05, 4.69) is 9.80 Å². The zero-order chi connectivity index (χ0) is 18.0. The maximum atomic E-state index is 13.0. The van der Waals surface area contributed by atoms with Crippen LogP contribution in [-0.2, 0) is 16.0 Å². The predicted molar refractivity (Wildman–Crippen MR) is 103 cm³/mol. The highest BCUT2D eigenvalue weighted by Crippen LogP contribution is 2.42. The molecule has 2 saturated heterocycles. The molecule has 2 heterocycles. The molecule has 4 nitrogen and oxygen atoms in total. The second-order valence-corrected chi connectivity index (χ2v) is 8.42. The molecule has 1 aromatic carbocycles. The average Bonchev–Trinajstić information content (AvgIpc) is 3.34. The third-order valence-corrected chi connectivity index (χ3v) is 6.80. The summed E-state index contributed by atoms with van der Waals surface area (Å²) in [5, 5.41) is 0. The van der Waals surface area contributed by atoms with Crippen molar-refractivity contribution >= 4 is 5.91 Å². The van der Waals surface area contributed by atoms with E-state index in [1.54, 1.807) is 0 Å². The summed E-state index contributed by atoms with van der Waals surface area (Å²) < 4.78 is 6.23. The van der Waals surface area contributed by atoms with Gasteiger partial charge in [0.1, 0.15) is 0 Å². The molecule has 1 amide bonds. The Balaban J connectivity index is 1.48. The van der Waals surface area contributed by atoms with Crippen LogP contribution in [0.3, 0.4) is 0 Å². The first-order chi connectivity index (χ1) is 12.7. The Morgan fingerprint density at radius 1 is 1.19 bits per heavy atom. The minimum atomic E-state index is 0.0904. The van der Waals surface area contributed by atoms with Gasteiger partial charge in [0.15, 0.2) is 0 Å². The lowest BCUT2D eigenvalue weighted by Gasteiger charge is -2.48. The van der Waals surface area contributed by atoms with Gasteiger partial charge in [0.05, 0.1) is 12.0 Å². The van der Waals surface area contributed by atoms with Crippen LogP contribution in [0.2, 0.25) is 0 Å². The quantitative estimate of drug-likeness (QED) is 0.830. The molecule has 1 aromatic rings. The minimum absolute atomic E-state index is 0.0904. The van der Waals surface area contributed by atoms with Gasteiger partial charge in [0, 0.05) is 25.7 Å². The van der Waals surface area contributed by atoms with Crippen molar-refractivity contribution in [1.29, 1.82) is 0 Å². The first-order valence-electron chi connectivity index (χ1n) is 10.3. The van der Waals surface area contributed by atoms with E-state index < -0.39 is 0 Å². The van der Waals surface area contributed by atoms with Gasteiger partial charge in [-0.25, -0.2) is 0 Å². The van der Waals surface area contributed by atoms with E-state index in [1.165, 1.54) is 38.8 Å². The van der Waals surface area contributed by atoms with Crippen molar-refractivity contribution in [3.8, 4) is 0 Å². The van der Waals surface area contributed by atoms with Crippen molar-refractivity contribution in [3.05, 3.63) is 35.9 Å². The maximum Gasteiger partial charge on any atom is 0.227 e. The Labute approximate surface area is 157 Å². The lowest BCUT2D eigenvalue weighted by molar-refractivity contribution is -0.136. The number of carbonyl (C=O) groups excluding carboxylic acids is 1. The van der Waals surface area contributed by atoms with Crippen molar-refractivity contribution in [2.45, 2.75) is 69.1 Å². The van der Waals surface area contributed by atoms with Gasteiger partial charge in [0.25, 0.3) is 0 Å². The summed E-state index contributed by atoms with van der Waals surface area (Å²) in [6.07, 6.45) is 8.75. The van der Waals surface area contributed by atoms with Gasteiger partial charge in [-0.2, -0.15) is 0 Å². The highest BCUT2D eigenvalue weighted by molar-refractivity contribution is 5.79. The molecule has 26 heavy (non-hydrogen) atoms. The van der Waals surface area contributed by atoms with E-state index in [1.807, 2.05) is 37.4 Å². The Morgan fingerprint density at radius 3 is 2.65 bits per heavy atom. The molecule has 0 bridgehead atoms. The van der Waals surface area contributed by atoms with Gasteiger partial charge in [-0.15, -0.1) is 0 Å². The fourth-order valence-electron chi connectivity index (χ4n) is 5.31. The maximum absolute atomic E-state index is 13.0. The third kappa shape index (κ3) is 3.67. The van der Waals surface area contributed by atoms with Gasteiger partial charge in [-0.1, -0.05) is 30.3 Å². The fraction of sp³-hybridized carbons (Fsp3) is 0.682. The Morgan fingerprint density at radius 2 is 1.96 bits per heavy atom. The summed E-state index contributed by atoms with van der Waals surface area (Å²) in [6, 6.07) is 10.9. The van der Waals surface area contributed by atoms with E-state index in [0.29, 0.717) is 18.5 Å². The van der Waals surface area contributed by atoms with Crippen LogP contribution in [0.15, 0.2) is 30.3 Å². The van der Waals surface area contributed by atoms with Crippen molar-refractivity contribution < 1.29 is 9.53 Å². The van der Waals surface area contributed by atoms with Gasteiger partial charge < -0.3 is 9.64 Å². The number of hydrogen-bond donors (Lipinski definition) is 0. The zero-order valence-electron chi connectivity index (χ0n) is 16.0. The van der Waals surface area contributed by atoms with E-state index in [4.69, 9.17) is 4.74 Å². The predicted octanol–water partition coefficient (Wildman–Crippen LogP) is 3.25. The first kappa shape index (κ1) is 18.0. The third-order valence-electron chi connectivity index (χ3n) is 6.80. The van der Waals surface area contributed by atoms with Crippen molar-refractivity contribution in [2.75, 3.05) is 26.7 Å². The van der Waals surface area contributed by atoms with Crippen molar-refractivity contribution in [2.24, 2.45) is 0 Å². The van der Waals surface area contributed by atoms with Gasteiger partial charge >= 0.3 is 0 Å². The van der Waals surface area contributed by atoms with Crippen molar-refractivity contribution in [3.63, 3.8) is 0 Å². The Kier molecular flexibility index (Phi) is 5.32. The van der Waals surface area contributed by atoms with Crippen LogP contribution in [0.4, 0.5) is 0 Å². The first-order valence-corrected chi connectivity index (χ1v) is 10.3. The molecule has 3 atom stereocenters. The lowest BCUT2D eigenvalue weighted by Crippen LogP contribution is -2.58. The lowest BCUT2D eigenvalue weighted by atomic mass is 9.76.